The summed E-state index contributed by atoms with van der Waals surface area (Å²) in [6, 6.07) is 7.50. The average Bonchev–Trinajstić information content (AvgIpc) is 2.78. The van der Waals surface area contributed by atoms with Gasteiger partial charge < -0.3 is 19.8 Å². The third kappa shape index (κ3) is 2.72. The molecule has 6 nitrogen and oxygen atoms in total. The highest BCUT2D eigenvalue weighted by atomic mass is 16.6. The molecule has 0 radical (unpaired) electrons. The summed E-state index contributed by atoms with van der Waals surface area (Å²) in [6.45, 7) is 2.21. The third-order valence-corrected chi connectivity index (χ3v) is 2.65. The molecular weight excluding hydrogens is 234 g/mol. The largest absolute Gasteiger partial charge is 0.387 e. The summed E-state index contributed by atoms with van der Waals surface area (Å²) < 4.78 is 1.50. The van der Waals surface area contributed by atoms with Crippen molar-refractivity contribution in [3.63, 3.8) is 0 Å². The van der Waals surface area contributed by atoms with Gasteiger partial charge in [0.2, 0.25) is 6.33 Å². The molecule has 1 atom stereocenters. The molecule has 0 aliphatic carbocycles. The summed E-state index contributed by atoms with van der Waals surface area (Å²) in [5, 5.41) is 20.5. The molecule has 0 amide bonds. The molecule has 0 saturated heterocycles. The van der Waals surface area contributed by atoms with Crippen molar-refractivity contribution in [1.29, 1.82) is 0 Å². The molecule has 18 heavy (non-hydrogen) atoms. The second-order valence-electron chi connectivity index (χ2n) is 4.11. The highest BCUT2D eigenvalue weighted by molar-refractivity contribution is 5.23. The Morgan fingerprint density at radius 3 is 2.67 bits per heavy atom. The van der Waals surface area contributed by atoms with Crippen molar-refractivity contribution < 1.29 is 10.0 Å². The van der Waals surface area contributed by atoms with Gasteiger partial charge in [0, 0.05) is 0 Å². The number of hydrogen-bond donors (Lipinski definition) is 1. The van der Waals surface area contributed by atoms with Crippen LogP contribution in [0.4, 0.5) is 5.82 Å². The molecule has 0 spiro atoms. The van der Waals surface area contributed by atoms with E-state index in [-0.39, 0.29) is 12.4 Å². The number of nitrogens with zero attached hydrogens (tertiary/aromatic N) is 3. The van der Waals surface area contributed by atoms with E-state index in [1.165, 1.54) is 17.1 Å². The van der Waals surface area contributed by atoms with Gasteiger partial charge in [-0.3, -0.25) is 0 Å². The lowest BCUT2D eigenvalue weighted by atomic mass is 10.1. The molecule has 0 fully saturated rings. The lowest BCUT2D eigenvalue weighted by molar-refractivity contribution is -0.389. The van der Waals surface area contributed by atoms with Gasteiger partial charge in [0.05, 0.1) is 12.6 Å². The minimum absolute atomic E-state index is 0.217. The Hall–Kier alpha value is -2.21. The van der Waals surface area contributed by atoms with Gasteiger partial charge >= 0.3 is 5.82 Å². The van der Waals surface area contributed by atoms with Crippen molar-refractivity contribution in [3.05, 3.63) is 58.0 Å². The number of hydrogen-bond acceptors (Lipinski definition) is 4. The smallest absolute Gasteiger partial charge is 0.381 e. The molecule has 6 heteroatoms. The monoisotopic (exact) mass is 247 g/mol. The zero-order valence-electron chi connectivity index (χ0n) is 9.85. The van der Waals surface area contributed by atoms with Gasteiger partial charge in [-0.2, -0.15) is 0 Å². The van der Waals surface area contributed by atoms with Gasteiger partial charge in [-0.15, -0.1) is 0 Å². The van der Waals surface area contributed by atoms with Crippen LogP contribution >= 0.6 is 0 Å². The van der Waals surface area contributed by atoms with E-state index < -0.39 is 11.0 Å². The molecule has 2 rings (SSSR count). The fraction of sp³-hybridized carbons (Fsp3) is 0.250. The molecule has 0 saturated carbocycles. The minimum Gasteiger partial charge on any atom is -0.387 e. The summed E-state index contributed by atoms with van der Waals surface area (Å²) in [5.41, 5.74) is 1.89. The third-order valence-electron chi connectivity index (χ3n) is 2.65. The number of benzene rings is 1. The van der Waals surface area contributed by atoms with Gasteiger partial charge in [0.1, 0.15) is 6.20 Å². The van der Waals surface area contributed by atoms with E-state index in [1.54, 1.807) is 0 Å². The standard InChI is InChI=1S/C12H13N3O3/c1-9-2-4-10(5-3-9)11(16)6-14-7-12(13-8-14)15(17)18/h2-5,7-8,11,16H,6H2,1H3. The first-order valence-corrected chi connectivity index (χ1v) is 5.47. The van der Waals surface area contributed by atoms with Crippen molar-refractivity contribution in [2.24, 2.45) is 0 Å². The summed E-state index contributed by atoms with van der Waals surface area (Å²) in [6.07, 6.45) is 1.94. The molecule has 2 aromatic rings. The number of aliphatic hydroxyl groups excluding tert-OH is 1. The van der Waals surface area contributed by atoms with E-state index in [0.717, 1.165) is 11.1 Å². The number of rotatable bonds is 4. The van der Waals surface area contributed by atoms with Crippen molar-refractivity contribution >= 4 is 5.82 Å². The predicted molar refractivity (Wildman–Crippen MR) is 65.0 cm³/mol. The summed E-state index contributed by atoms with van der Waals surface area (Å²) in [7, 11) is 0. The maximum atomic E-state index is 10.5. The Kier molecular flexibility index (Phi) is 3.38. The molecule has 1 aromatic heterocycles. The Bertz CT molecular complexity index is 548. The highest BCUT2D eigenvalue weighted by Gasteiger charge is 2.13. The van der Waals surface area contributed by atoms with Crippen LogP contribution in [0.25, 0.3) is 0 Å². The Balaban J connectivity index is 2.08. The molecule has 0 bridgehead atoms. The first-order chi connectivity index (χ1) is 8.56. The molecule has 1 unspecified atom stereocenters. The normalized spacial score (nSPS) is 12.3. The second-order valence-corrected chi connectivity index (χ2v) is 4.11. The van der Waals surface area contributed by atoms with Crippen molar-refractivity contribution in [1.82, 2.24) is 9.55 Å². The first-order valence-electron chi connectivity index (χ1n) is 5.47. The minimum atomic E-state index is -0.709. The first kappa shape index (κ1) is 12.3. The van der Waals surface area contributed by atoms with Crippen LogP contribution in [0.2, 0.25) is 0 Å². The lowest BCUT2D eigenvalue weighted by Gasteiger charge is -2.10. The zero-order valence-corrected chi connectivity index (χ0v) is 9.85. The lowest BCUT2D eigenvalue weighted by Crippen LogP contribution is -2.07. The van der Waals surface area contributed by atoms with Crippen molar-refractivity contribution in [2.45, 2.75) is 19.6 Å². The average molecular weight is 247 g/mol. The number of aromatic nitrogens is 2. The molecule has 1 N–H and O–H groups in total. The fourth-order valence-corrected chi connectivity index (χ4v) is 1.64. The predicted octanol–water partition coefficient (Wildman–Crippen LogP) is 1.83. The van der Waals surface area contributed by atoms with E-state index in [2.05, 4.69) is 4.98 Å². The highest BCUT2D eigenvalue weighted by Crippen LogP contribution is 2.17. The van der Waals surface area contributed by atoms with E-state index in [4.69, 9.17) is 0 Å². The molecule has 1 aromatic carbocycles. The Morgan fingerprint density at radius 1 is 1.44 bits per heavy atom. The van der Waals surface area contributed by atoms with Crippen LogP contribution in [0.3, 0.4) is 0 Å². The molecule has 0 aliphatic heterocycles. The number of imidazole rings is 1. The van der Waals surface area contributed by atoms with Crippen molar-refractivity contribution in [3.8, 4) is 0 Å². The maximum absolute atomic E-state index is 10.5. The fourth-order valence-electron chi connectivity index (χ4n) is 1.64. The second kappa shape index (κ2) is 4.97. The van der Waals surface area contributed by atoms with E-state index in [0.29, 0.717) is 0 Å². The van der Waals surface area contributed by atoms with Crippen LogP contribution < -0.4 is 0 Å². The quantitative estimate of drug-likeness (QED) is 0.660. The van der Waals surface area contributed by atoms with E-state index in [9.17, 15) is 15.2 Å². The van der Waals surface area contributed by atoms with Crippen LogP contribution in [-0.2, 0) is 6.54 Å². The SMILES string of the molecule is Cc1ccc(C(O)Cn2cnc([N+](=O)[O-])c2)cc1. The molecular formula is C12H13N3O3. The summed E-state index contributed by atoms with van der Waals surface area (Å²) in [4.78, 5) is 13.5. The van der Waals surface area contributed by atoms with Crippen LogP contribution in [-0.4, -0.2) is 19.6 Å². The van der Waals surface area contributed by atoms with E-state index in [1.807, 2.05) is 31.2 Å². The van der Waals surface area contributed by atoms with Gasteiger partial charge in [-0.1, -0.05) is 29.8 Å². The number of aryl methyl sites for hydroxylation is 1. The molecule has 94 valence electrons. The van der Waals surface area contributed by atoms with Crippen LogP contribution in [0.5, 0.6) is 0 Å². The van der Waals surface area contributed by atoms with Crippen molar-refractivity contribution in [2.75, 3.05) is 0 Å². The zero-order chi connectivity index (χ0) is 13.1. The van der Waals surface area contributed by atoms with Gasteiger partial charge in [-0.25, -0.2) is 0 Å². The maximum Gasteiger partial charge on any atom is 0.381 e. The number of aliphatic hydroxyl groups is 1. The van der Waals surface area contributed by atoms with Crippen LogP contribution in [0.1, 0.15) is 17.2 Å². The van der Waals surface area contributed by atoms with Crippen LogP contribution in [0.15, 0.2) is 36.8 Å². The van der Waals surface area contributed by atoms with Gasteiger partial charge in [-0.05, 0) is 22.4 Å². The molecule has 1 heterocycles. The Morgan fingerprint density at radius 2 is 2.11 bits per heavy atom. The Labute approximate surface area is 104 Å². The topological polar surface area (TPSA) is 81.2 Å². The molecule has 0 aliphatic rings. The summed E-state index contributed by atoms with van der Waals surface area (Å²) >= 11 is 0. The van der Waals surface area contributed by atoms with E-state index >= 15 is 0 Å². The van der Waals surface area contributed by atoms with Crippen LogP contribution in [0, 0.1) is 17.0 Å². The summed E-state index contributed by atoms with van der Waals surface area (Å²) in [5.74, 6) is -0.217. The van der Waals surface area contributed by atoms with Gasteiger partial charge in [0.25, 0.3) is 0 Å². The number of nitro groups is 1. The van der Waals surface area contributed by atoms with Gasteiger partial charge in [0.15, 0.2) is 0 Å².